The van der Waals surface area contributed by atoms with E-state index in [2.05, 4.69) is 15.7 Å². The van der Waals surface area contributed by atoms with E-state index >= 15 is 0 Å². The molecule has 0 unspecified atom stereocenters. The van der Waals surface area contributed by atoms with Gasteiger partial charge in [-0.15, -0.1) is 0 Å². The molecule has 0 bridgehead atoms. The lowest BCUT2D eigenvalue weighted by Crippen LogP contribution is -2.35. The number of aryl methyl sites for hydroxylation is 2. The van der Waals surface area contributed by atoms with Gasteiger partial charge in [0.1, 0.15) is 0 Å². The molecule has 1 fully saturated rings. The number of hydrogen-bond donors (Lipinski definition) is 1. The lowest BCUT2D eigenvalue weighted by atomic mass is 10.1. The molecule has 4 rings (SSSR count). The summed E-state index contributed by atoms with van der Waals surface area (Å²) in [5.74, 6) is -0.0738. The fourth-order valence-electron chi connectivity index (χ4n) is 4.08. The number of sulfonamides is 1. The Kier molecular flexibility index (Phi) is 7.08. The molecule has 1 aliphatic rings. The van der Waals surface area contributed by atoms with Crippen molar-refractivity contribution >= 4 is 27.3 Å². The van der Waals surface area contributed by atoms with E-state index in [1.807, 2.05) is 30.9 Å². The summed E-state index contributed by atoms with van der Waals surface area (Å²) >= 11 is 0. The molecule has 1 amide bonds. The van der Waals surface area contributed by atoms with Crippen LogP contribution >= 0.6 is 0 Å². The summed E-state index contributed by atoms with van der Waals surface area (Å²) in [6, 6.07) is 21.2. The van der Waals surface area contributed by atoms with Gasteiger partial charge in [-0.3, -0.25) is 9.52 Å². The van der Waals surface area contributed by atoms with Gasteiger partial charge >= 0.3 is 0 Å². The number of amides is 1. The van der Waals surface area contributed by atoms with Gasteiger partial charge in [-0.05, 0) is 92.1 Å². The van der Waals surface area contributed by atoms with E-state index in [4.69, 9.17) is 5.26 Å². The Hall–Kier alpha value is -3.83. The first kappa shape index (κ1) is 24.3. The number of benzene rings is 3. The van der Waals surface area contributed by atoms with Gasteiger partial charge in [0.2, 0.25) is 0 Å². The Labute approximate surface area is 206 Å². The van der Waals surface area contributed by atoms with E-state index in [9.17, 15) is 13.2 Å². The molecule has 1 aliphatic heterocycles. The first-order chi connectivity index (χ1) is 16.8. The van der Waals surface area contributed by atoms with E-state index in [1.165, 1.54) is 0 Å². The molecule has 35 heavy (non-hydrogen) atoms. The maximum atomic E-state index is 13.1. The summed E-state index contributed by atoms with van der Waals surface area (Å²) in [6.45, 7) is 6.57. The molecule has 7 nitrogen and oxygen atoms in total. The number of hydrogen-bond acceptors (Lipinski definition) is 5. The molecule has 0 saturated carbocycles. The first-order valence-electron chi connectivity index (χ1n) is 11.5. The number of anilines is 2. The Morgan fingerprint density at radius 2 is 1.60 bits per heavy atom. The lowest BCUT2D eigenvalue weighted by molar-refractivity contribution is 0.0767. The molecule has 8 heteroatoms. The standard InChI is InChI=1S/C27H28N4O3S/c1-20-4-13-26(18-21(20)2)35(33,34)29-24-9-7-23(8-10-24)27(32)31-15-3-14-30(16-17-31)25-11-5-22(19-28)6-12-25/h4-13,18,29H,3,14-17H2,1-2H3. The van der Waals surface area contributed by atoms with E-state index in [-0.39, 0.29) is 10.8 Å². The van der Waals surface area contributed by atoms with Gasteiger partial charge < -0.3 is 9.80 Å². The highest BCUT2D eigenvalue weighted by molar-refractivity contribution is 7.92. The molecule has 1 heterocycles. The fourth-order valence-corrected chi connectivity index (χ4v) is 5.23. The number of carbonyl (C=O) groups is 1. The monoisotopic (exact) mass is 488 g/mol. The Balaban J connectivity index is 1.40. The van der Waals surface area contributed by atoms with E-state index in [1.54, 1.807) is 54.6 Å². The molecule has 3 aromatic rings. The number of nitriles is 1. The molecule has 180 valence electrons. The van der Waals surface area contributed by atoms with Crippen molar-refractivity contribution in [3.8, 4) is 6.07 Å². The third-order valence-corrected chi connectivity index (χ3v) is 7.70. The normalized spacial score (nSPS) is 14.2. The van der Waals surface area contributed by atoms with Crippen molar-refractivity contribution < 1.29 is 13.2 Å². The van der Waals surface area contributed by atoms with Crippen LogP contribution in [0.15, 0.2) is 71.6 Å². The minimum atomic E-state index is -3.72. The van der Waals surface area contributed by atoms with Gasteiger partial charge in [-0.25, -0.2) is 8.42 Å². The molecule has 0 radical (unpaired) electrons. The summed E-state index contributed by atoms with van der Waals surface area (Å²) in [5.41, 5.74) is 4.52. The molecular weight excluding hydrogens is 460 g/mol. The number of nitrogens with zero attached hydrogens (tertiary/aromatic N) is 3. The summed E-state index contributed by atoms with van der Waals surface area (Å²) in [4.78, 5) is 17.4. The van der Waals surface area contributed by atoms with Crippen molar-refractivity contribution in [1.82, 2.24) is 4.90 Å². The van der Waals surface area contributed by atoms with E-state index in [0.717, 1.165) is 29.8 Å². The zero-order valence-electron chi connectivity index (χ0n) is 19.9. The highest BCUT2D eigenvalue weighted by Crippen LogP contribution is 2.21. The predicted molar refractivity (Wildman–Crippen MR) is 137 cm³/mol. The molecule has 0 atom stereocenters. The molecule has 0 spiro atoms. The quantitative estimate of drug-likeness (QED) is 0.577. The summed E-state index contributed by atoms with van der Waals surface area (Å²) in [6.07, 6.45) is 0.833. The van der Waals surface area contributed by atoms with Gasteiger partial charge in [0.25, 0.3) is 15.9 Å². The number of carbonyl (C=O) groups excluding carboxylic acids is 1. The SMILES string of the molecule is Cc1ccc(S(=O)(=O)Nc2ccc(C(=O)N3CCCN(c4ccc(C#N)cc4)CC3)cc2)cc1C. The Morgan fingerprint density at radius 1 is 0.886 bits per heavy atom. The zero-order chi connectivity index (χ0) is 25.0. The minimum Gasteiger partial charge on any atom is -0.370 e. The van der Waals surface area contributed by atoms with Crippen LogP contribution in [0, 0.1) is 25.2 Å². The van der Waals surface area contributed by atoms with Crippen molar-refractivity contribution in [3.05, 3.63) is 89.0 Å². The van der Waals surface area contributed by atoms with Gasteiger partial charge in [-0.2, -0.15) is 5.26 Å². The average Bonchev–Trinajstić information content (AvgIpc) is 3.12. The molecule has 3 aromatic carbocycles. The maximum absolute atomic E-state index is 13.1. The van der Waals surface area contributed by atoms with Crippen LogP contribution in [0.2, 0.25) is 0 Å². The van der Waals surface area contributed by atoms with Crippen molar-refractivity contribution in [3.63, 3.8) is 0 Å². The fraction of sp³-hybridized carbons (Fsp3) is 0.259. The number of nitrogens with one attached hydrogen (secondary N) is 1. The van der Waals surface area contributed by atoms with Crippen LogP contribution in [0.3, 0.4) is 0 Å². The predicted octanol–water partition coefficient (Wildman–Crippen LogP) is 4.33. The summed E-state index contributed by atoms with van der Waals surface area (Å²) < 4.78 is 28.1. The van der Waals surface area contributed by atoms with Crippen LogP contribution in [-0.2, 0) is 10.0 Å². The highest BCUT2D eigenvalue weighted by atomic mass is 32.2. The molecule has 0 aromatic heterocycles. The smallest absolute Gasteiger partial charge is 0.261 e. The average molecular weight is 489 g/mol. The molecular formula is C27H28N4O3S. The zero-order valence-corrected chi connectivity index (χ0v) is 20.7. The second-order valence-corrected chi connectivity index (χ2v) is 10.4. The second kappa shape index (κ2) is 10.2. The van der Waals surface area contributed by atoms with Gasteiger partial charge in [0, 0.05) is 43.1 Å². The summed E-state index contributed by atoms with van der Waals surface area (Å²) in [5, 5.41) is 8.99. The van der Waals surface area contributed by atoms with Crippen LogP contribution < -0.4 is 9.62 Å². The largest absolute Gasteiger partial charge is 0.370 e. The molecule has 0 aliphatic carbocycles. The minimum absolute atomic E-state index is 0.0738. The molecule has 1 saturated heterocycles. The topological polar surface area (TPSA) is 93.5 Å². The Bertz CT molecular complexity index is 1360. The lowest BCUT2D eigenvalue weighted by Gasteiger charge is -2.24. The summed E-state index contributed by atoms with van der Waals surface area (Å²) in [7, 11) is -3.72. The van der Waals surface area contributed by atoms with Gasteiger partial charge in [0.15, 0.2) is 0 Å². The van der Waals surface area contributed by atoms with Crippen molar-refractivity contribution in [2.24, 2.45) is 0 Å². The maximum Gasteiger partial charge on any atom is 0.261 e. The van der Waals surface area contributed by atoms with Crippen LogP contribution in [0.25, 0.3) is 0 Å². The van der Waals surface area contributed by atoms with Crippen LogP contribution in [0.1, 0.15) is 33.5 Å². The first-order valence-corrected chi connectivity index (χ1v) is 13.0. The van der Waals surface area contributed by atoms with Gasteiger partial charge in [0.05, 0.1) is 16.5 Å². The van der Waals surface area contributed by atoms with Crippen LogP contribution in [0.5, 0.6) is 0 Å². The highest BCUT2D eigenvalue weighted by Gasteiger charge is 2.21. The number of rotatable bonds is 5. The van der Waals surface area contributed by atoms with Gasteiger partial charge in [-0.1, -0.05) is 6.07 Å². The van der Waals surface area contributed by atoms with Crippen molar-refractivity contribution in [2.45, 2.75) is 25.2 Å². The van der Waals surface area contributed by atoms with Crippen molar-refractivity contribution in [1.29, 1.82) is 5.26 Å². The van der Waals surface area contributed by atoms with E-state index in [0.29, 0.717) is 36.4 Å². The van der Waals surface area contributed by atoms with Crippen molar-refractivity contribution in [2.75, 3.05) is 35.8 Å². The molecule has 1 N–H and O–H groups in total. The third kappa shape index (κ3) is 5.64. The second-order valence-electron chi connectivity index (χ2n) is 8.72. The van der Waals surface area contributed by atoms with Crippen LogP contribution in [0.4, 0.5) is 11.4 Å². The van der Waals surface area contributed by atoms with E-state index < -0.39 is 10.0 Å². The Morgan fingerprint density at radius 3 is 2.26 bits per heavy atom. The van der Waals surface area contributed by atoms with Crippen LogP contribution in [-0.4, -0.2) is 45.4 Å². The third-order valence-electron chi connectivity index (χ3n) is 6.32.